The number of hydrogen-bond donors (Lipinski definition) is 2. The third-order valence-electron chi connectivity index (χ3n) is 2.96. The molecule has 0 aliphatic heterocycles. The van der Waals surface area contributed by atoms with Gasteiger partial charge in [0.25, 0.3) is 0 Å². The summed E-state index contributed by atoms with van der Waals surface area (Å²) < 4.78 is 42.8. The largest absolute Gasteiger partial charge is 0.417 e. The maximum atomic E-state index is 12.7. The molecule has 116 valence electrons. The van der Waals surface area contributed by atoms with Gasteiger partial charge >= 0.3 is 6.18 Å². The Morgan fingerprint density at radius 2 is 2.05 bits per heavy atom. The van der Waals surface area contributed by atoms with Gasteiger partial charge in [-0.15, -0.1) is 0 Å². The van der Waals surface area contributed by atoms with Crippen molar-refractivity contribution in [2.24, 2.45) is 0 Å². The van der Waals surface area contributed by atoms with Crippen molar-refractivity contribution in [1.82, 2.24) is 0 Å². The third-order valence-corrected chi connectivity index (χ3v) is 2.96. The van der Waals surface area contributed by atoms with Crippen LogP contribution in [0.25, 0.3) is 0 Å². The molecule has 1 unspecified atom stereocenters. The number of halogens is 3. The van der Waals surface area contributed by atoms with Gasteiger partial charge in [0.1, 0.15) is 0 Å². The lowest BCUT2D eigenvalue weighted by atomic mass is 10.0. The molecule has 4 nitrogen and oxygen atoms in total. The number of alkyl halides is 3. The predicted molar refractivity (Wildman–Crippen MR) is 71.8 cm³/mol. The minimum Gasteiger partial charge on any atom is -0.388 e. The summed E-state index contributed by atoms with van der Waals surface area (Å²) in [7, 11) is 1.51. The minimum absolute atomic E-state index is 0.132. The smallest absolute Gasteiger partial charge is 0.388 e. The molecule has 0 heterocycles. The lowest BCUT2D eigenvalue weighted by molar-refractivity contribution is -0.137. The monoisotopic (exact) mass is 302 g/mol. The van der Waals surface area contributed by atoms with E-state index in [9.17, 15) is 18.3 Å². The average molecular weight is 302 g/mol. The van der Waals surface area contributed by atoms with E-state index in [1.54, 1.807) is 6.92 Å². The second-order valence-electron chi connectivity index (χ2n) is 4.96. The number of nitrogens with one attached hydrogen (secondary N) is 1. The van der Waals surface area contributed by atoms with E-state index in [1.807, 2.05) is 0 Å². The van der Waals surface area contributed by atoms with Crippen molar-refractivity contribution >= 4 is 5.69 Å². The van der Waals surface area contributed by atoms with E-state index < -0.39 is 22.9 Å². The molecule has 0 spiro atoms. The van der Waals surface area contributed by atoms with Crippen molar-refractivity contribution in [1.29, 1.82) is 5.26 Å². The average Bonchev–Trinajstić information content (AvgIpc) is 2.41. The van der Waals surface area contributed by atoms with Crippen molar-refractivity contribution in [3.63, 3.8) is 0 Å². The standard InChI is InChI=1S/C14H17F3N2O2/c1-13(20,5-6-21-2)9-19-11-3-4-12(14(15,16)17)10(7-11)8-18/h3-4,7,19-20H,5-6,9H2,1-2H3. The van der Waals surface area contributed by atoms with Gasteiger partial charge < -0.3 is 15.2 Å². The third kappa shape index (κ3) is 5.25. The van der Waals surface area contributed by atoms with Gasteiger partial charge in [-0.2, -0.15) is 18.4 Å². The van der Waals surface area contributed by atoms with Gasteiger partial charge in [0, 0.05) is 32.4 Å². The molecular formula is C14H17F3N2O2. The van der Waals surface area contributed by atoms with Crippen LogP contribution in [-0.4, -0.2) is 31.0 Å². The molecule has 0 saturated carbocycles. The summed E-state index contributed by atoms with van der Waals surface area (Å²) in [5.74, 6) is 0. The molecule has 0 aromatic heterocycles. The molecular weight excluding hydrogens is 285 g/mol. The Balaban J connectivity index is 2.81. The molecule has 0 saturated heterocycles. The maximum absolute atomic E-state index is 12.7. The summed E-state index contributed by atoms with van der Waals surface area (Å²) >= 11 is 0. The molecule has 1 aromatic rings. The number of benzene rings is 1. The minimum atomic E-state index is -4.56. The molecule has 0 fully saturated rings. The fraction of sp³-hybridized carbons (Fsp3) is 0.500. The Labute approximate surface area is 121 Å². The normalized spacial score (nSPS) is 14.3. The van der Waals surface area contributed by atoms with Gasteiger partial charge in [-0.25, -0.2) is 0 Å². The molecule has 0 aliphatic carbocycles. The Kier molecular flexibility index (Phi) is 5.58. The fourth-order valence-electron chi connectivity index (χ4n) is 1.70. The quantitative estimate of drug-likeness (QED) is 0.848. The van der Waals surface area contributed by atoms with E-state index >= 15 is 0 Å². The van der Waals surface area contributed by atoms with Crippen LogP contribution in [0.2, 0.25) is 0 Å². The van der Waals surface area contributed by atoms with Gasteiger partial charge in [-0.05, 0) is 25.1 Å². The van der Waals surface area contributed by atoms with Crippen molar-refractivity contribution in [3.05, 3.63) is 29.3 Å². The highest BCUT2D eigenvalue weighted by atomic mass is 19.4. The SMILES string of the molecule is COCCC(C)(O)CNc1ccc(C(F)(F)F)c(C#N)c1. The maximum Gasteiger partial charge on any atom is 0.417 e. The first-order valence-electron chi connectivity index (χ1n) is 6.26. The number of rotatable bonds is 6. The lowest BCUT2D eigenvalue weighted by Crippen LogP contribution is -2.34. The molecule has 0 radical (unpaired) electrons. The zero-order valence-electron chi connectivity index (χ0n) is 11.8. The van der Waals surface area contributed by atoms with Gasteiger partial charge in [0.15, 0.2) is 0 Å². The van der Waals surface area contributed by atoms with Crippen LogP contribution >= 0.6 is 0 Å². The first-order chi connectivity index (χ1) is 9.69. The van der Waals surface area contributed by atoms with Gasteiger partial charge in [-0.3, -0.25) is 0 Å². The van der Waals surface area contributed by atoms with Crippen LogP contribution < -0.4 is 5.32 Å². The topological polar surface area (TPSA) is 65.3 Å². The molecule has 2 N–H and O–H groups in total. The van der Waals surface area contributed by atoms with Crippen molar-refractivity contribution in [3.8, 4) is 6.07 Å². The number of nitriles is 1. The fourth-order valence-corrected chi connectivity index (χ4v) is 1.70. The molecule has 7 heteroatoms. The van der Waals surface area contributed by atoms with Crippen LogP contribution in [0, 0.1) is 11.3 Å². The summed E-state index contributed by atoms with van der Waals surface area (Å²) in [4.78, 5) is 0. The van der Waals surface area contributed by atoms with Crippen LogP contribution in [0.3, 0.4) is 0 Å². The first kappa shape index (κ1) is 17.3. The highest BCUT2D eigenvalue weighted by Gasteiger charge is 2.33. The summed E-state index contributed by atoms with van der Waals surface area (Å²) in [5, 5.41) is 21.7. The van der Waals surface area contributed by atoms with E-state index in [0.717, 1.165) is 12.1 Å². The summed E-state index contributed by atoms with van der Waals surface area (Å²) in [6.07, 6.45) is -4.18. The van der Waals surface area contributed by atoms with E-state index in [1.165, 1.54) is 19.2 Å². The molecule has 1 aromatic carbocycles. The van der Waals surface area contributed by atoms with Gasteiger partial charge in [0.05, 0.1) is 22.8 Å². The number of ether oxygens (including phenoxy) is 1. The summed E-state index contributed by atoms with van der Waals surface area (Å²) in [6, 6.07) is 4.74. The molecule has 1 atom stereocenters. The van der Waals surface area contributed by atoms with E-state index in [-0.39, 0.29) is 6.54 Å². The van der Waals surface area contributed by atoms with Crippen molar-refractivity contribution < 1.29 is 23.0 Å². The van der Waals surface area contributed by atoms with Gasteiger partial charge in [-0.1, -0.05) is 0 Å². The molecule has 0 amide bonds. The lowest BCUT2D eigenvalue weighted by Gasteiger charge is -2.24. The Morgan fingerprint density at radius 3 is 2.57 bits per heavy atom. The molecule has 21 heavy (non-hydrogen) atoms. The summed E-state index contributed by atoms with van der Waals surface area (Å²) in [5.41, 5.74) is -2.14. The van der Waals surface area contributed by atoms with Crippen LogP contribution in [0.4, 0.5) is 18.9 Å². The predicted octanol–water partition coefficient (Wildman–Crippen LogP) is 2.78. The number of hydrogen-bond acceptors (Lipinski definition) is 4. The van der Waals surface area contributed by atoms with Crippen molar-refractivity contribution in [2.45, 2.75) is 25.1 Å². The second kappa shape index (κ2) is 6.78. The highest BCUT2D eigenvalue weighted by Crippen LogP contribution is 2.33. The van der Waals surface area contributed by atoms with E-state index in [4.69, 9.17) is 10.00 Å². The number of methoxy groups -OCH3 is 1. The number of anilines is 1. The zero-order valence-corrected chi connectivity index (χ0v) is 11.8. The first-order valence-corrected chi connectivity index (χ1v) is 6.26. The van der Waals surface area contributed by atoms with Gasteiger partial charge in [0.2, 0.25) is 0 Å². The van der Waals surface area contributed by atoms with E-state index in [0.29, 0.717) is 18.7 Å². The second-order valence-corrected chi connectivity index (χ2v) is 4.96. The van der Waals surface area contributed by atoms with Crippen LogP contribution in [0.5, 0.6) is 0 Å². The van der Waals surface area contributed by atoms with Crippen molar-refractivity contribution in [2.75, 3.05) is 25.6 Å². The number of nitrogens with zero attached hydrogens (tertiary/aromatic N) is 1. The Bertz CT molecular complexity index is 522. The molecule has 0 aliphatic rings. The van der Waals surface area contributed by atoms with Crippen LogP contribution in [0.1, 0.15) is 24.5 Å². The Morgan fingerprint density at radius 1 is 1.38 bits per heavy atom. The number of aliphatic hydroxyl groups is 1. The zero-order chi connectivity index (χ0) is 16.1. The van der Waals surface area contributed by atoms with Crippen LogP contribution in [-0.2, 0) is 10.9 Å². The highest BCUT2D eigenvalue weighted by molar-refractivity contribution is 5.53. The molecule has 1 rings (SSSR count). The Hall–Kier alpha value is -1.78. The van der Waals surface area contributed by atoms with Crippen LogP contribution in [0.15, 0.2) is 18.2 Å². The van der Waals surface area contributed by atoms with E-state index in [2.05, 4.69) is 5.32 Å². The summed E-state index contributed by atoms with van der Waals surface area (Å²) in [6.45, 7) is 2.09. The molecule has 0 bridgehead atoms.